The molecule has 0 radical (unpaired) electrons. The highest BCUT2D eigenvalue weighted by Crippen LogP contribution is 2.54. The minimum Gasteiger partial charge on any atom is -0.459 e. The van der Waals surface area contributed by atoms with Gasteiger partial charge < -0.3 is 9.84 Å². The lowest BCUT2D eigenvalue weighted by Gasteiger charge is -2.29. The number of fused-ring (bicyclic) bond motifs is 3. The smallest absolute Gasteiger partial charge is 0.339 e. The Hall–Kier alpha value is -2.46. The summed E-state index contributed by atoms with van der Waals surface area (Å²) in [5.41, 5.74) is 0.396. The maximum Gasteiger partial charge on any atom is 0.339 e. The van der Waals surface area contributed by atoms with Crippen molar-refractivity contribution in [3.63, 3.8) is 0 Å². The summed E-state index contributed by atoms with van der Waals surface area (Å²) in [7, 11) is 0. The van der Waals surface area contributed by atoms with E-state index in [1.54, 1.807) is 24.3 Å². The lowest BCUT2D eigenvalue weighted by Crippen LogP contribution is -2.44. The second-order valence-corrected chi connectivity index (χ2v) is 11.4. The number of allylic oxidation sites excluding steroid dienone is 1. The maximum atomic E-state index is 13.2. The highest BCUT2D eigenvalue weighted by Gasteiger charge is 2.61. The van der Waals surface area contributed by atoms with E-state index in [0.29, 0.717) is 11.3 Å². The molecule has 1 N–H and O–H groups in total. The van der Waals surface area contributed by atoms with E-state index in [1.165, 1.54) is 11.3 Å². The number of hydrogen-bond donors (Lipinski definition) is 1. The molecular weight excluding hydrogens is 452 g/mol. The van der Waals surface area contributed by atoms with E-state index in [1.807, 2.05) is 18.2 Å². The van der Waals surface area contributed by atoms with Gasteiger partial charge in [0.2, 0.25) is 0 Å². The predicted molar refractivity (Wildman–Crippen MR) is 131 cm³/mol. The molecule has 3 heterocycles. The van der Waals surface area contributed by atoms with Gasteiger partial charge in [0.15, 0.2) is 11.4 Å². The zero-order valence-corrected chi connectivity index (χ0v) is 20.2. The third kappa shape index (κ3) is 3.73. The summed E-state index contributed by atoms with van der Waals surface area (Å²) in [6.45, 7) is 10.3. The zero-order chi connectivity index (χ0) is 23.3. The normalized spacial score (nSPS) is 30.8. The summed E-state index contributed by atoms with van der Waals surface area (Å²) in [4.78, 5) is 29.7. The number of hydrogen-bond acceptors (Lipinski definition) is 6. The van der Waals surface area contributed by atoms with Gasteiger partial charge in [0.25, 0.3) is 0 Å². The first-order valence-electron chi connectivity index (χ1n) is 11.3. The molecule has 2 aliphatic carbocycles. The van der Waals surface area contributed by atoms with Gasteiger partial charge in [-0.3, -0.25) is 4.79 Å². The van der Waals surface area contributed by atoms with Crippen LogP contribution in [0.15, 0.2) is 48.6 Å². The molecule has 2 saturated carbocycles. The third-order valence-corrected chi connectivity index (χ3v) is 9.67. The van der Waals surface area contributed by atoms with Crippen molar-refractivity contribution in [2.24, 2.45) is 17.8 Å². The molecule has 3 aliphatic rings. The Balaban J connectivity index is 1.38. The molecule has 0 bridgehead atoms. The van der Waals surface area contributed by atoms with Crippen molar-refractivity contribution >= 4 is 34.4 Å². The van der Waals surface area contributed by atoms with Gasteiger partial charge >= 0.3 is 5.97 Å². The number of carbonyl (C=O) groups is 2. The summed E-state index contributed by atoms with van der Waals surface area (Å²) in [6, 6.07) is 7.66. The molecule has 5 atom stereocenters. The van der Waals surface area contributed by atoms with Gasteiger partial charge in [-0.15, -0.1) is 28.6 Å². The molecule has 1 aliphatic heterocycles. The quantitative estimate of drug-likeness (QED) is 0.268. The van der Waals surface area contributed by atoms with Gasteiger partial charge in [-0.05, 0) is 62.8 Å². The van der Waals surface area contributed by atoms with E-state index in [4.69, 9.17) is 4.74 Å². The molecule has 4 nitrogen and oxygen atoms in total. The van der Waals surface area contributed by atoms with Crippen LogP contribution in [0.4, 0.5) is 0 Å². The van der Waals surface area contributed by atoms with Crippen LogP contribution in [-0.4, -0.2) is 28.6 Å². The Morgan fingerprint density at radius 1 is 1.15 bits per heavy atom. The Labute approximate surface area is 202 Å². The summed E-state index contributed by atoms with van der Waals surface area (Å²) in [6.07, 6.45) is 2.47. The molecule has 33 heavy (non-hydrogen) atoms. The number of thiophene rings is 2. The van der Waals surface area contributed by atoms with Crippen LogP contribution in [0.1, 0.15) is 53.6 Å². The topological polar surface area (TPSA) is 63.6 Å². The van der Waals surface area contributed by atoms with Gasteiger partial charge in [-0.25, -0.2) is 4.79 Å². The van der Waals surface area contributed by atoms with Crippen molar-refractivity contribution in [3.8, 4) is 21.6 Å². The first-order valence-corrected chi connectivity index (χ1v) is 12.9. The van der Waals surface area contributed by atoms with Crippen molar-refractivity contribution in [3.05, 3.63) is 58.3 Å². The number of esters is 1. The molecule has 6 heteroatoms. The Bertz CT molecular complexity index is 1220. The number of aliphatic hydroxyl groups is 1. The van der Waals surface area contributed by atoms with Crippen molar-refractivity contribution in [1.82, 2.24) is 0 Å². The van der Waals surface area contributed by atoms with Crippen molar-refractivity contribution < 1.29 is 19.4 Å². The van der Waals surface area contributed by atoms with Crippen LogP contribution < -0.4 is 0 Å². The number of carbonyl (C=O) groups excluding carboxylic acids is 2. The fourth-order valence-electron chi connectivity index (χ4n) is 5.69. The molecule has 2 aromatic heterocycles. The molecule has 170 valence electrons. The van der Waals surface area contributed by atoms with Crippen LogP contribution in [0, 0.1) is 29.6 Å². The molecule has 0 amide bonds. The zero-order valence-electron chi connectivity index (χ0n) is 18.6. The van der Waals surface area contributed by atoms with E-state index >= 15 is 0 Å². The van der Waals surface area contributed by atoms with Crippen molar-refractivity contribution in [2.45, 2.75) is 50.7 Å². The van der Waals surface area contributed by atoms with Crippen molar-refractivity contribution in [1.29, 1.82) is 0 Å². The molecule has 3 fully saturated rings. The minimum absolute atomic E-state index is 0.00865. The summed E-state index contributed by atoms with van der Waals surface area (Å²) in [5.74, 6) is 4.84. The second kappa shape index (κ2) is 8.39. The SMILES string of the molecule is C=C1CC[C@@H]2C(=C)CCC3[C@H](OC(=O)[C@@]3(O)CC(=O)c3ccc(-c4ccc(C#CC)s4)s3)[C@@H]12. The molecular formula is C27H26O4S2. The molecule has 0 aromatic carbocycles. The lowest BCUT2D eigenvalue weighted by atomic mass is 9.75. The molecule has 1 saturated heterocycles. The second-order valence-electron chi connectivity index (χ2n) is 9.23. The summed E-state index contributed by atoms with van der Waals surface area (Å²) >= 11 is 2.96. The highest BCUT2D eigenvalue weighted by molar-refractivity contribution is 7.23. The van der Waals surface area contributed by atoms with E-state index in [-0.39, 0.29) is 24.0 Å². The standard InChI is InChI=1S/C27H26O4S2/c1-4-5-17-8-11-22(32-17)23-13-12-21(33-23)20(28)14-27(30)19-10-7-15(2)18-9-6-16(3)24(18)25(19)31-26(27)29/h8,11-13,18-19,24-25,30H,2-3,6-7,9-10,14H2,1H3/t18-,19?,24+,25+,27-/m1/s1. The summed E-state index contributed by atoms with van der Waals surface area (Å²) < 4.78 is 5.78. The fraction of sp³-hybridized carbons (Fsp3) is 0.407. The monoisotopic (exact) mass is 478 g/mol. The predicted octanol–water partition coefficient (Wildman–Crippen LogP) is 5.63. The lowest BCUT2D eigenvalue weighted by molar-refractivity contribution is -0.156. The number of rotatable bonds is 4. The van der Waals surface area contributed by atoms with E-state index in [9.17, 15) is 14.7 Å². The minimum atomic E-state index is -1.81. The summed E-state index contributed by atoms with van der Waals surface area (Å²) in [5, 5.41) is 11.5. The number of ether oxygens (including phenoxy) is 1. The van der Waals surface area contributed by atoms with Gasteiger partial charge in [0, 0.05) is 21.6 Å². The molecule has 0 spiro atoms. The van der Waals surface area contributed by atoms with Crippen LogP contribution in [0.25, 0.3) is 9.75 Å². The Kier molecular flexibility index (Phi) is 5.68. The Morgan fingerprint density at radius 2 is 1.88 bits per heavy atom. The van der Waals surface area contributed by atoms with Crippen LogP contribution in [0.5, 0.6) is 0 Å². The number of Topliss-reactive ketones (excluding diaryl/α,β-unsaturated/α-hetero) is 1. The van der Waals surface area contributed by atoms with Gasteiger partial charge in [-0.1, -0.05) is 30.2 Å². The molecule has 2 aromatic rings. The number of ketones is 1. The third-order valence-electron chi connectivity index (χ3n) is 7.35. The van der Waals surface area contributed by atoms with Crippen LogP contribution >= 0.6 is 22.7 Å². The van der Waals surface area contributed by atoms with Crippen LogP contribution in [0.3, 0.4) is 0 Å². The van der Waals surface area contributed by atoms with E-state index in [0.717, 1.165) is 45.0 Å². The first kappa shape index (κ1) is 22.3. The van der Waals surface area contributed by atoms with E-state index in [2.05, 4.69) is 25.0 Å². The highest BCUT2D eigenvalue weighted by atomic mass is 32.1. The largest absolute Gasteiger partial charge is 0.459 e. The van der Waals surface area contributed by atoms with Crippen molar-refractivity contribution in [2.75, 3.05) is 0 Å². The fourth-order valence-corrected chi connectivity index (χ4v) is 7.64. The average molecular weight is 479 g/mol. The van der Waals surface area contributed by atoms with Gasteiger partial charge in [0.05, 0.1) is 16.2 Å². The van der Waals surface area contributed by atoms with Crippen LogP contribution in [-0.2, 0) is 9.53 Å². The van der Waals surface area contributed by atoms with E-state index < -0.39 is 23.6 Å². The molecule has 1 unspecified atom stereocenters. The average Bonchev–Trinajstić information content (AvgIpc) is 3.53. The van der Waals surface area contributed by atoms with Gasteiger partial charge in [0.1, 0.15) is 6.10 Å². The maximum absolute atomic E-state index is 13.2. The Morgan fingerprint density at radius 3 is 2.67 bits per heavy atom. The molecule has 5 rings (SSSR count). The van der Waals surface area contributed by atoms with Crippen LogP contribution in [0.2, 0.25) is 0 Å². The van der Waals surface area contributed by atoms with Gasteiger partial charge in [-0.2, -0.15) is 0 Å². The first-order chi connectivity index (χ1) is 15.8.